The fraction of sp³-hybridized carbons (Fsp3) is 0.600. The summed E-state index contributed by atoms with van der Waals surface area (Å²) in [7, 11) is 3.69. The van der Waals surface area contributed by atoms with Gasteiger partial charge in [-0.25, -0.2) is 9.67 Å². The zero-order chi connectivity index (χ0) is 16.4. The van der Waals surface area contributed by atoms with Crippen LogP contribution in [-0.2, 0) is 31.4 Å². The smallest absolute Gasteiger partial charge is 0.236 e. The number of aromatic nitrogens is 5. The highest BCUT2D eigenvalue weighted by Gasteiger charge is 2.21. The van der Waals surface area contributed by atoms with Crippen LogP contribution in [0.1, 0.15) is 23.6 Å². The number of nitrogens with zero attached hydrogens (tertiary/aromatic N) is 6. The van der Waals surface area contributed by atoms with Gasteiger partial charge in [0.05, 0.1) is 19.3 Å². The van der Waals surface area contributed by atoms with Gasteiger partial charge in [0, 0.05) is 44.9 Å². The second-order valence-electron chi connectivity index (χ2n) is 6.15. The van der Waals surface area contributed by atoms with E-state index in [1.807, 2.05) is 31.9 Å². The van der Waals surface area contributed by atoms with Crippen molar-refractivity contribution < 1.29 is 4.79 Å². The van der Waals surface area contributed by atoms with Crippen molar-refractivity contribution in [1.82, 2.24) is 34.8 Å². The molecular formula is C15H23N7O. The number of likely N-dealkylation sites (N-methyl/N-ethyl adjacent to an activating group) is 1. The molecule has 1 aliphatic heterocycles. The standard InChI is InChI=1S/C15H23N7O/c1-11-18-14-5-4-13(10-22(14)19-11)16-7-15(23)20(2)8-12-6-17-21(3)9-12/h6,9,13,16H,4-5,7-8,10H2,1-3H3/t13-/m0/s1. The third-order valence-corrected chi connectivity index (χ3v) is 4.11. The number of nitrogens with one attached hydrogen (secondary N) is 1. The second kappa shape index (κ2) is 6.49. The van der Waals surface area contributed by atoms with Crippen molar-refractivity contribution in [3.8, 4) is 0 Å². The Balaban J connectivity index is 1.47. The number of hydrogen-bond donors (Lipinski definition) is 1. The first-order valence-electron chi connectivity index (χ1n) is 7.86. The minimum absolute atomic E-state index is 0.0782. The molecule has 0 saturated carbocycles. The van der Waals surface area contributed by atoms with Crippen molar-refractivity contribution in [3.05, 3.63) is 29.6 Å². The summed E-state index contributed by atoms with van der Waals surface area (Å²) in [5, 5.41) is 11.8. The lowest BCUT2D eigenvalue weighted by Crippen LogP contribution is -2.43. The molecule has 1 aliphatic rings. The summed E-state index contributed by atoms with van der Waals surface area (Å²) in [6.45, 7) is 3.59. The SMILES string of the molecule is Cc1nc2n(n1)C[C@@H](NCC(=O)N(C)Cc1cnn(C)c1)CC2. The predicted octanol–water partition coefficient (Wildman–Crippen LogP) is -0.117. The number of carbonyl (C=O) groups is 1. The lowest BCUT2D eigenvalue weighted by atomic mass is 10.1. The molecule has 8 nitrogen and oxygen atoms in total. The first kappa shape index (κ1) is 15.7. The van der Waals surface area contributed by atoms with Gasteiger partial charge in [-0.15, -0.1) is 0 Å². The molecule has 0 spiro atoms. The van der Waals surface area contributed by atoms with Crippen LogP contribution in [-0.4, -0.2) is 55.0 Å². The Labute approximate surface area is 135 Å². The average Bonchev–Trinajstić information content (AvgIpc) is 3.08. The van der Waals surface area contributed by atoms with E-state index in [0.717, 1.165) is 36.6 Å². The van der Waals surface area contributed by atoms with Crippen molar-refractivity contribution in [1.29, 1.82) is 0 Å². The first-order valence-corrected chi connectivity index (χ1v) is 7.86. The van der Waals surface area contributed by atoms with Crippen molar-refractivity contribution in [2.24, 2.45) is 7.05 Å². The quantitative estimate of drug-likeness (QED) is 0.832. The molecule has 0 fully saturated rings. The fourth-order valence-electron chi connectivity index (χ4n) is 2.88. The predicted molar refractivity (Wildman–Crippen MR) is 84.6 cm³/mol. The van der Waals surface area contributed by atoms with E-state index in [-0.39, 0.29) is 11.9 Å². The molecular weight excluding hydrogens is 294 g/mol. The van der Waals surface area contributed by atoms with Gasteiger partial charge in [0.25, 0.3) is 0 Å². The third-order valence-electron chi connectivity index (χ3n) is 4.11. The van der Waals surface area contributed by atoms with E-state index in [9.17, 15) is 4.79 Å². The largest absolute Gasteiger partial charge is 0.340 e. The van der Waals surface area contributed by atoms with E-state index in [0.29, 0.717) is 13.1 Å². The van der Waals surface area contributed by atoms with Crippen molar-refractivity contribution >= 4 is 5.91 Å². The van der Waals surface area contributed by atoms with E-state index in [1.54, 1.807) is 15.8 Å². The normalized spacial score (nSPS) is 17.1. The van der Waals surface area contributed by atoms with Crippen LogP contribution < -0.4 is 5.32 Å². The maximum atomic E-state index is 12.2. The molecule has 2 aromatic heterocycles. The molecule has 0 unspecified atom stereocenters. The summed E-state index contributed by atoms with van der Waals surface area (Å²) < 4.78 is 3.69. The molecule has 2 aromatic rings. The molecule has 0 radical (unpaired) electrons. The van der Waals surface area contributed by atoms with Crippen LogP contribution in [0.25, 0.3) is 0 Å². The van der Waals surface area contributed by atoms with E-state index in [4.69, 9.17) is 0 Å². The first-order chi connectivity index (χ1) is 11.0. The van der Waals surface area contributed by atoms with Crippen molar-refractivity contribution in [3.63, 3.8) is 0 Å². The van der Waals surface area contributed by atoms with Crippen LogP contribution in [0.4, 0.5) is 0 Å². The molecule has 3 heterocycles. The van der Waals surface area contributed by atoms with Crippen LogP contribution >= 0.6 is 0 Å². The van der Waals surface area contributed by atoms with Gasteiger partial charge in [-0.2, -0.15) is 10.2 Å². The topological polar surface area (TPSA) is 80.9 Å². The Kier molecular flexibility index (Phi) is 4.42. The van der Waals surface area contributed by atoms with Gasteiger partial charge in [0.2, 0.25) is 5.91 Å². The zero-order valence-electron chi connectivity index (χ0n) is 13.9. The highest BCUT2D eigenvalue weighted by molar-refractivity contribution is 5.78. The Bertz CT molecular complexity index is 690. The summed E-state index contributed by atoms with van der Waals surface area (Å²) in [4.78, 5) is 18.4. The number of amides is 1. The van der Waals surface area contributed by atoms with Gasteiger partial charge in [0.15, 0.2) is 0 Å². The highest BCUT2D eigenvalue weighted by Crippen LogP contribution is 2.12. The lowest BCUT2D eigenvalue weighted by Gasteiger charge is -2.24. The second-order valence-corrected chi connectivity index (χ2v) is 6.15. The summed E-state index contributed by atoms with van der Waals surface area (Å²) in [6, 6.07) is 0.263. The lowest BCUT2D eigenvalue weighted by molar-refractivity contribution is -0.129. The Morgan fingerprint density at radius 1 is 1.52 bits per heavy atom. The van der Waals surface area contributed by atoms with E-state index >= 15 is 0 Å². The highest BCUT2D eigenvalue weighted by atomic mass is 16.2. The summed E-state index contributed by atoms with van der Waals surface area (Å²) in [6.07, 6.45) is 5.59. The molecule has 0 aliphatic carbocycles. The Morgan fingerprint density at radius 2 is 2.35 bits per heavy atom. The van der Waals surface area contributed by atoms with E-state index < -0.39 is 0 Å². The molecule has 0 bridgehead atoms. The maximum absolute atomic E-state index is 12.2. The van der Waals surface area contributed by atoms with Crippen molar-refractivity contribution in [2.75, 3.05) is 13.6 Å². The van der Waals surface area contributed by atoms with Gasteiger partial charge in [-0.05, 0) is 13.3 Å². The van der Waals surface area contributed by atoms with Gasteiger partial charge in [0.1, 0.15) is 11.6 Å². The van der Waals surface area contributed by atoms with Gasteiger partial charge < -0.3 is 10.2 Å². The van der Waals surface area contributed by atoms with Gasteiger partial charge >= 0.3 is 0 Å². The summed E-state index contributed by atoms with van der Waals surface area (Å²) in [5.74, 6) is 1.93. The summed E-state index contributed by atoms with van der Waals surface area (Å²) >= 11 is 0. The Morgan fingerprint density at radius 3 is 3.09 bits per heavy atom. The van der Waals surface area contributed by atoms with Crippen LogP contribution in [0.15, 0.2) is 12.4 Å². The molecule has 3 rings (SSSR count). The van der Waals surface area contributed by atoms with Crippen LogP contribution in [0, 0.1) is 6.92 Å². The number of aryl methyl sites for hydroxylation is 3. The van der Waals surface area contributed by atoms with E-state index in [1.165, 1.54) is 0 Å². The van der Waals surface area contributed by atoms with Crippen LogP contribution in [0.3, 0.4) is 0 Å². The molecule has 0 aromatic carbocycles. The monoisotopic (exact) mass is 317 g/mol. The fourth-order valence-corrected chi connectivity index (χ4v) is 2.88. The van der Waals surface area contributed by atoms with Gasteiger partial charge in [-0.1, -0.05) is 0 Å². The average molecular weight is 317 g/mol. The minimum atomic E-state index is 0.0782. The third kappa shape index (κ3) is 3.76. The summed E-state index contributed by atoms with van der Waals surface area (Å²) in [5.41, 5.74) is 1.03. The van der Waals surface area contributed by atoms with Gasteiger partial charge in [-0.3, -0.25) is 9.48 Å². The molecule has 0 saturated heterocycles. The molecule has 1 N–H and O–H groups in total. The zero-order valence-corrected chi connectivity index (χ0v) is 13.9. The minimum Gasteiger partial charge on any atom is -0.340 e. The van der Waals surface area contributed by atoms with Crippen molar-refractivity contribution in [2.45, 2.75) is 38.9 Å². The molecule has 23 heavy (non-hydrogen) atoms. The molecule has 8 heteroatoms. The Hall–Kier alpha value is -2.22. The van der Waals surface area contributed by atoms with Crippen LogP contribution in [0.5, 0.6) is 0 Å². The molecule has 124 valence electrons. The van der Waals surface area contributed by atoms with Crippen LogP contribution in [0.2, 0.25) is 0 Å². The van der Waals surface area contributed by atoms with E-state index in [2.05, 4.69) is 20.5 Å². The molecule has 1 amide bonds. The number of hydrogen-bond acceptors (Lipinski definition) is 5. The number of fused-ring (bicyclic) bond motifs is 1. The maximum Gasteiger partial charge on any atom is 0.236 e. The number of carbonyl (C=O) groups excluding carboxylic acids is 1. The molecule has 1 atom stereocenters. The number of rotatable bonds is 5.